The normalized spacial score (nSPS) is 10.5. The molecule has 0 bridgehead atoms. The van der Waals surface area contributed by atoms with E-state index >= 15 is 0 Å². The molecule has 2 nitrogen and oxygen atoms in total. The molecule has 0 saturated carbocycles. The van der Waals surface area contributed by atoms with Crippen LogP contribution in [0.4, 0.5) is 4.39 Å². The number of hydrogen-bond acceptors (Lipinski definition) is 2. The molecule has 4 heteroatoms. The Hall–Kier alpha value is -0.450. The van der Waals surface area contributed by atoms with Gasteiger partial charge >= 0.3 is 0 Å². The summed E-state index contributed by atoms with van der Waals surface area (Å²) < 4.78 is 18.5. The van der Waals surface area contributed by atoms with Gasteiger partial charge in [-0.2, -0.15) is 0 Å². The molecule has 1 aromatic carbocycles. The Morgan fingerprint density at radius 1 is 1.43 bits per heavy atom. The minimum absolute atomic E-state index is 0.132. The van der Waals surface area contributed by atoms with Crippen molar-refractivity contribution in [3.63, 3.8) is 0 Å². The van der Waals surface area contributed by atoms with E-state index in [2.05, 4.69) is 15.9 Å². The van der Waals surface area contributed by atoms with Crippen LogP contribution in [0.15, 0.2) is 22.7 Å². The first-order valence-electron chi connectivity index (χ1n) is 4.36. The summed E-state index contributed by atoms with van der Waals surface area (Å²) in [7, 11) is 0. The van der Waals surface area contributed by atoms with Gasteiger partial charge in [0.15, 0.2) is 0 Å². The molecule has 0 fully saturated rings. The van der Waals surface area contributed by atoms with Crippen LogP contribution >= 0.6 is 15.9 Å². The molecular weight excluding hydrogens is 251 g/mol. The monoisotopic (exact) mass is 262 g/mol. The van der Waals surface area contributed by atoms with Gasteiger partial charge in [0.05, 0.1) is 11.1 Å². The van der Waals surface area contributed by atoms with Gasteiger partial charge in [0.1, 0.15) is 5.82 Å². The summed E-state index contributed by atoms with van der Waals surface area (Å²) in [6, 6.07) is 4.77. The minimum Gasteiger partial charge on any atom is -0.396 e. The van der Waals surface area contributed by atoms with Crippen LogP contribution in [0.5, 0.6) is 0 Å². The number of ether oxygens (including phenoxy) is 1. The molecule has 0 aliphatic carbocycles. The van der Waals surface area contributed by atoms with Gasteiger partial charge in [-0.25, -0.2) is 4.39 Å². The number of halogens is 2. The maximum absolute atomic E-state index is 12.8. The van der Waals surface area contributed by atoms with Crippen molar-refractivity contribution < 1.29 is 14.2 Å². The van der Waals surface area contributed by atoms with Gasteiger partial charge in [-0.15, -0.1) is 0 Å². The maximum Gasteiger partial charge on any atom is 0.137 e. The summed E-state index contributed by atoms with van der Waals surface area (Å²) >= 11 is 3.10. The van der Waals surface area contributed by atoms with Crippen molar-refractivity contribution in [3.8, 4) is 0 Å². The molecule has 78 valence electrons. The molecule has 0 heterocycles. The van der Waals surface area contributed by atoms with Crippen LogP contribution in [0, 0.1) is 5.82 Å². The summed E-state index contributed by atoms with van der Waals surface area (Å²) in [6.45, 7) is 1.09. The quantitative estimate of drug-likeness (QED) is 0.827. The third-order valence-electron chi connectivity index (χ3n) is 1.70. The molecule has 1 aromatic rings. The summed E-state index contributed by atoms with van der Waals surface area (Å²) in [6.07, 6.45) is 0.627. The summed E-state index contributed by atoms with van der Waals surface area (Å²) in [5, 5.41) is 8.51. The topological polar surface area (TPSA) is 29.5 Å². The average Bonchev–Trinajstić information content (AvgIpc) is 2.18. The van der Waals surface area contributed by atoms with Crippen molar-refractivity contribution in [3.05, 3.63) is 34.1 Å². The molecule has 1 N–H and O–H groups in total. The zero-order valence-electron chi connectivity index (χ0n) is 7.67. The standard InChI is InChI=1S/C10H12BrFO2/c11-9-6-8(2-3-10(9)12)7-14-5-1-4-13/h2-3,6,13H,1,4-5,7H2. The molecule has 0 unspecified atom stereocenters. The van der Waals surface area contributed by atoms with Gasteiger partial charge in [0.25, 0.3) is 0 Å². The third-order valence-corrected chi connectivity index (χ3v) is 2.31. The fourth-order valence-electron chi connectivity index (χ4n) is 0.986. The van der Waals surface area contributed by atoms with Gasteiger partial charge < -0.3 is 9.84 Å². The average molecular weight is 263 g/mol. The SMILES string of the molecule is OCCCOCc1ccc(F)c(Br)c1. The zero-order chi connectivity index (χ0) is 10.4. The van der Waals surface area contributed by atoms with Crippen LogP contribution in [0.25, 0.3) is 0 Å². The second-order valence-corrected chi connectivity index (χ2v) is 3.73. The second kappa shape index (κ2) is 6.11. The highest BCUT2D eigenvalue weighted by molar-refractivity contribution is 9.10. The molecule has 0 aromatic heterocycles. The van der Waals surface area contributed by atoms with Crippen molar-refractivity contribution in [1.82, 2.24) is 0 Å². The van der Waals surface area contributed by atoms with Crippen LogP contribution in [-0.4, -0.2) is 18.3 Å². The molecular formula is C10H12BrFO2. The predicted molar refractivity (Wildman–Crippen MR) is 55.5 cm³/mol. The van der Waals surface area contributed by atoms with Crippen LogP contribution in [-0.2, 0) is 11.3 Å². The van der Waals surface area contributed by atoms with E-state index in [1.807, 2.05) is 0 Å². The first-order valence-corrected chi connectivity index (χ1v) is 5.16. The zero-order valence-corrected chi connectivity index (χ0v) is 9.26. The lowest BCUT2D eigenvalue weighted by atomic mass is 10.2. The molecule has 0 spiro atoms. The van der Waals surface area contributed by atoms with Crippen molar-refractivity contribution in [2.75, 3.05) is 13.2 Å². The molecule has 0 aliphatic heterocycles. The number of benzene rings is 1. The van der Waals surface area contributed by atoms with Crippen LogP contribution in [0.1, 0.15) is 12.0 Å². The van der Waals surface area contributed by atoms with Gasteiger partial charge in [-0.1, -0.05) is 6.07 Å². The highest BCUT2D eigenvalue weighted by Crippen LogP contribution is 2.17. The number of rotatable bonds is 5. The Balaban J connectivity index is 2.39. The largest absolute Gasteiger partial charge is 0.396 e. The Bertz CT molecular complexity index is 291. The van der Waals surface area contributed by atoms with Gasteiger partial charge in [0.2, 0.25) is 0 Å². The van der Waals surface area contributed by atoms with Crippen molar-refractivity contribution in [2.45, 2.75) is 13.0 Å². The van der Waals surface area contributed by atoms with Crippen molar-refractivity contribution >= 4 is 15.9 Å². The first-order chi connectivity index (χ1) is 6.74. The smallest absolute Gasteiger partial charge is 0.137 e. The summed E-state index contributed by atoms with van der Waals surface area (Å²) in [5.41, 5.74) is 0.913. The van der Waals surface area contributed by atoms with Gasteiger partial charge in [0, 0.05) is 13.2 Å². The fourth-order valence-corrected chi connectivity index (χ4v) is 1.41. The number of aliphatic hydroxyl groups is 1. The molecule has 14 heavy (non-hydrogen) atoms. The van der Waals surface area contributed by atoms with E-state index in [0.717, 1.165) is 5.56 Å². The lowest BCUT2D eigenvalue weighted by molar-refractivity contribution is 0.104. The fraction of sp³-hybridized carbons (Fsp3) is 0.400. The van der Waals surface area contributed by atoms with E-state index in [9.17, 15) is 4.39 Å². The second-order valence-electron chi connectivity index (χ2n) is 2.88. The maximum atomic E-state index is 12.8. The highest BCUT2D eigenvalue weighted by Gasteiger charge is 2.00. The first kappa shape index (κ1) is 11.6. The van der Waals surface area contributed by atoms with Crippen LogP contribution in [0.2, 0.25) is 0 Å². The van der Waals surface area contributed by atoms with Crippen molar-refractivity contribution in [1.29, 1.82) is 0 Å². The van der Waals surface area contributed by atoms with E-state index in [0.29, 0.717) is 24.1 Å². The molecule has 0 radical (unpaired) electrons. The van der Waals surface area contributed by atoms with E-state index in [4.69, 9.17) is 9.84 Å². The van der Waals surface area contributed by atoms with Crippen LogP contribution < -0.4 is 0 Å². The molecule has 0 atom stereocenters. The number of hydrogen-bond donors (Lipinski definition) is 1. The lowest BCUT2D eigenvalue weighted by Gasteiger charge is -2.04. The highest BCUT2D eigenvalue weighted by atomic mass is 79.9. The third kappa shape index (κ3) is 3.74. The van der Waals surface area contributed by atoms with Gasteiger partial charge in [-0.05, 0) is 40.0 Å². The molecule has 0 aliphatic rings. The number of aliphatic hydroxyl groups excluding tert-OH is 1. The summed E-state index contributed by atoms with van der Waals surface area (Å²) in [5.74, 6) is -0.274. The van der Waals surface area contributed by atoms with E-state index < -0.39 is 0 Å². The minimum atomic E-state index is -0.274. The van der Waals surface area contributed by atoms with E-state index in [1.165, 1.54) is 6.07 Å². The molecule has 0 amide bonds. The Morgan fingerprint density at radius 3 is 2.86 bits per heavy atom. The van der Waals surface area contributed by atoms with E-state index in [-0.39, 0.29) is 12.4 Å². The predicted octanol–water partition coefficient (Wildman–Crippen LogP) is 2.49. The lowest BCUT2D eigenvalue weighted by Crippen LogP contribution is -1.97. The van der Waals surface area contributed by atoms with E-state index in [1.54, 1.807) is 12.1 Å². The Morgan fingerprint density at radius 2 is 2.21 bits per heavy atom. The summed E-state index contributed by atoms with van der Waals surface area (Å²) in [4.78, 5) is 0. The van der Waals surface area contributed by atoms with Crippen LogP contribution in [0.3, 0.4) is 0 Å². The molecule has 0 saturated heterocycles. The molecule has 1 rings (SSSR count). The Kier molecular flexibility index (Phi) is 5.07. The van der Waals surface area contributed by atoms with Crippen molar-refractivity contribution in [2.24, 2.45) is 0 Å². The van der Waals surface area contributed by atoms with Gasteiger partial charge in [-0.3, -0.25) is 0 Å². The Labute approximate surface area is 90.8 Å².